The van der Waals surface area contributed by atoms with E-state index in [1.807, 2.05) is 66.7 Å². The first-order chi connectivity index (χ1) is 16.9. The van der Waals surface area contributed by atoms with Gasteiger partial charge in [0.2, 0.25) is 17.7 Å². The van der Waals surface area contributed by atoms with Crippen LogP contribution in [0.4, 0.5) is 5.69 Å². The van der Waals surface area contributed by atoms with E-state index in [-0.39, 0.29) is 36.2 Å². The van der Waals surface area contributed by atoms with Gasteiger partial charge in [0.15, 0.2) is 0 Å². The summed E-state index contributed by atoms with van der Waals surface area (Å²) in [4.78, 5) is 43.3. The lowest BCUT2D eigenvalue weighted by Crippen LogP contribution is -2.57. The number of anilines is 1. The van der Waals surface area contributed by atoms with Crippen molar-refractivity contribution in [1.29, 1.82) is 0 Å². The Morgan fingerprint density at radius 3 is 2.56 bits per heavy atom. The summed E-state index contributed by atoms with van der Waals surface area (Å²) in [5.41, 5.74) is 0.614. The molecule has 1 aromatic rings. The predicted molar refractivity (Wildman–Crippen MR) is 137 cm³/mol. The monoisotopic (exact) mass is 499 g/mol. The number of benzene rings is 1. The third kappa shape index (κ3) is 3.84. The molecule has 2 bridgehead atoms. The van der Waals surface area contributed by atoms with E-state index in [2.05, 4.69) is 10.6 Å². The first kappa shape index (κ1) is 26.6. The Morgan fingerprint density at radius 1 is 1.25 bits per heavy atom. The maximum absolute atomic E-state index is 14.2. The zero-order chi connectivity index (χ0) is 26.6. The van der Waals surface area contributed by atoms with Crippen LogP contribution in [0, 0.1) is 37.5 Å². The van der Waals surface area contributed by atoms with Crippen molar-refractivity contribution in [2.45, 2.75) is 84.6 Å². The van der Waals surface area contributed by atoms with Crippen LogP contribution in [0.2, 0.25) is 0 Å². The number of aliphatic hydroxyl groups is 1. The summed E-state index contributed by atoms with van der Waals surface area (Å²) in [6, 6.07) is 4.31. The highest BCUT2D eigenvalue weighted by Gasteiger charge is 2.80. The predicted octanol–water partition coefficient (Wildman–Crippen LogP) is 2.80. The fourth-order valence-corrected chi connectivity index (χ4v) is 6.78. The summed E-state index contributed by atoms with van der Waals surface area (Å²) in [6.07, 6.45) is 1.28. The highest BCUT2D eigenvalue weighted by Crippen LogP contribution is 2.65. The number of rotatable bonds is 8. The molecule has 3 N–H and O–H groups in total. The van der Waals surface area contributed by atoms with Crippen molar-refractivity contribution in [1.82, 2.24) is 10.2 Å². The normalized spacial score (nSPS) is 33.7. The van der Waals surface area contributed by atoms with Crippen molar-refractivity contribution in [2.75, 3.05) is 18.5 Å². The fraction of sp³-hybridized carbons (Fsp3) is 0.679. The van der Waals surface area contributed by atoms with Gasteiger partial charge in [-0.05, 0) is 62.6 Å². The number of aryl methyl sites for hydroxylation is 2. The molecule has 3 aliphatic heterocycles. The molecular formula is C28H41N3O5. The Bertz CT molecular complexity index is 1060. The molecule has 3 heterocycles. The average Bonchev–Trinajstić information content (AvgIpc) is 3.32. The highest BCUT2D eigenvalue weighted by molar-refractivity contribution is 6.04. The summed E-state index contributed by atoms with van der Waals surface area (Å²) >= 11 is 0. The quantitative estimate of drug-likeness (QED) is 0.510. The van der Waals surface area contributed by atoms with Gasteiger partial charge in [0.1, 0.15) is 11.6 Å². The van der Waals surface area contributed by atoms with Gasteiger partial charge in [0.05, 0.1) is 30.1 Å². The summed E-state index contributed by atoms with van der Waals surface area (Å²) < 4.78 is 6.73. The van der Waals surface area contributed by atoms with Gasteiger partial charge >= 0.3 is 0 Å². The van der Waals surface area contributed by atoms with E-state index in [0.717, 1.165) is 17.5 Å². The van der Waals surface area contributed by atoms with Crippen LogP contribution in [0.15, 0.2) is 18.2 Å². The Morgan fingerprint density at radius 2 is 1.94 bits per heavy atom. The van der Waals surface area contributed by atoms with Gasteiger partial charge in [-0.3, -0.25) is 14.4 Å². The SMILES string of the molecule is CCCNC(=O)[C@@H]1[C@H]2C(=O)N([C@@H](CO)C(C)C)C(C(=O)Nc3cc(C)ccc3C)C23CC(C)[C@@]1(C)O3. The molecule has 7 atom stereocenters. The smallest absolute Gasteiger partial charge is 0.250 e. The standard InChI is InChI=1S/C28H41N3O5/c1-8-11-29-24(33)21-22-26(35)31(20(14-32)15(2)3)23(28(22)13-18(6)27(21,7)36-28)25(34)30-19-12-16(4)9-10-17(19)5/h9-10,12,15,18,20-23,32H,8,11,13-14H2,1-7H3,(H,29,33)(H,30,34)/t18?,20-,21-,22-,23?,27+,28?/m0/s1. The summed E-state index contributed by atoms with van der Waals surface area (Å²) in [5, 5.41) is 16.4. The van der Waals surface area contributed by atoms with E-state index < -0.39 is 35.1 Å². The largest absolute Gasteiger partial charge is 0.394 e. The molecule has 3 aliphatic rings. The molecule has 0 aliphatic carbocycles. The number of likely N-dealkylation sites (tertiary alicyclic amines) is 1. The lowest BCUT2D eigenvalue weighted by atomic mass is 9.62. The van der Waals surface area contributed by atoms with Gasteiger partial charge in [-0.25, -0.2) is 0 Å². The second-order valence-corrected chi connectivity index (χ2v) is 11.5. The number of carbonyl (C=O) groups excluding carboxylic acids is 3. The van der Waals surface area contributed by atoms with E-state index >= 15 is 0 Å². The molecule has 3 amide bonds. The van der Waals surface area contributed by atoms with Crippen molar-refractivity contribution in [3.05, 3.63) is 29.3 Å². The van der Waals surface area contributed by atoms with Crippen LogP contribution in [0.5, 0.6) is 0 Å². The Hall–Kier alpha value is -2.45. The van der Waals surface area contributed by atoms with Crippen molar-refractivity contribution in [2.24, 2.45) is 23.7 Å². The van der Waals surface area contributed by atoms with E-state index in [4.69, 9.17) is 4.74 Å². The molecule has 8 nitrogen and oxygen atoms in total. The maximum Gasteiger partial charge on any atom is 0.250 e. The highest BCUT2D eigenvalue weighted by atomic mass is 16.5. The van der Waals surface area contributed by atoms with E-state index in [1.165, 1.54) is 4.90 Å². The number of carbonyl (C=O) groups is 3. The van der Waals surface area contributed by atoms with Crippen LogP contribution in [-0.4, -0.2) is 64.2 Å². The Balaban J connectivity index is 1.82. The van der Waals surface area contributed by atoms with Crippen molar-refractivity contribution in [3.8, 4) is 0 Å². The van der Waals surface area contributed by atoms with Gasteiger partial charge in [0, 0.05) is 12.2 Å². The number of ether oxygens (including phenoxy) is 1. The van der Waals surface area contributed by atoms with Crippen LogP contribution in [0.1, 0.15) is 58.6 Å². The van der Waals surface area contributed by atoms with Crippen LogP contribution < -0.4 is 10.6 Å². The van der Waals surface area contributed by atoms with Crippen LogP contribution >= 0.6 is 0 Å². The van der Waals surface area contributed by atoms with E-state index in [9.17, 15) is 19.5 Å². The molecule has 0 saturated carbocycles. The van der Waals surface area contributed by atoms with Gasteiger partial charge in [-0.2, -0.15) is 0 Å². The molecule has 4 rings (SSSR count). The third-order valence-corrected chi connectivity index (χ3v) is 8.80. The zero-order valence-corrected chi connectivity index (χ0v) is 22.6. The first-order valence-electron chi connectivity index (χ1n) is 13.2. The molecule has 0 aromatic heterocycles. The van der Waals surface area contributed by atoms with E-state index in [0.29, 0.717) is 18.7 Å². The summed E-state index contributed by atoms with van der Waals surface area (Å²) in [7, 11) is 0. The van der Waals surface area contributed by atoms with Crippen molar-refractivity contribution < 1.29 is 24.2 Å². The number of nitrogens with one attached hydrogen (secondary N) is 2. The average molecular weight is 500 g/mol. The van der Waals surface area contributed by atoms with Crippen LogP contribution in [0.3, 0.4) is 0 Å². The molecule has 1 spiro atoms. The van der Waals surface area contributed by atoms with E-state index in [1.54, 1.807) is 0 Å². The lowest BCUT2D eigenvalue weighted by molar-refractivity contribution is -0.150. The number of aliphatic hydroxyl groups excluding tert-OH is 1. The summed E-state index contributed by atoms with van der Waals surface area (Å²) in [5.74, 6) is -2.43. The fourth-order valence-electron chi connectivity index (χ4n) is 6.78. The maximum atomic E-state index is 14.2. The van der Waals surface area contributed by atoms with Crippen molar-refractivity contribution >= 4 is 23.4 Å². The molecule has 36 heavy (non-hydrogen) atoms. The number of fused-ring (bicyclic) bond motifs is 1. The Kier molecular flexibility index (Phi) is 6.99. The van der Waals surface area contributed by atoms with Gasteiger partial charge in [-0.1, -0.05) is 39.8 Å². The van der Waals surface area contributed by atoms with Gasteiger partial charge < -0.3 is 25.4 Å². The minimum atomic E-state index is -1.14. The second-order valence-electron chi connectivity index (χ2n) is 11.5. The van der Waals surface area contributed by atoms with Crippen LogP contribution in [-0.2, 0) is 19.1 Å². The molecular weight excluding hydrogens is 458 g/mol. The molecule has 3 saturated heterocycles. The Labute approximate surface area is 214 Å². The van der Waals surface area contributed by atoms with Gasteiger partial charge in [-0.15, -0.1) is 0 Å². The van der Waals surface area contributed by atoms with Crippen molar-refractivity contribution in [3.63, 3.8) is 0 Å². The molecule has 8 heteroatoms. The molecule has 1 aromatic carbocycles. The number of nitrogens with zero attached hydrogens (tertiary/aromatic N) is 1. The van der Waals surface area contributed by atoms with Crippen LogP contribution in [0.25, 0.3) is 0 Å². The molecule has 198 valence electrons. The van der Waals surface area contributed by atoms with Gasteiger partial charge in [0.25, 0.3) is 0 Å². The lowest BCUT2D eigenvalue weighted by Gasteiger charge is -2.38. The molecule has 3 fully saturated rings. The first-order valence-corrected chi connectivity index (χ1v) is 13.2. The molecule has 3 unspecified atom stereocenters. The molecule has 0 radical (unpaired) electrons. The number of hydrogen-bond donors (Lipinski definition) is 3. The minimum absolute atomic E-state index is 0.0264. The zero-order valence-electron chi connectivity index (χ0n) is 22.6. The number of hydrogen-bond acceptors (Lipinski definition) is 5. The topological polar surface area (TPSA) is 108 Å². The third-order valence-electron chi connectivity index (χ3n) is 8.80. The second kappa shape index (κ2) is 9.45. The number of amides is 3. The minimum Gasteiger partial charge on any atom is -0.394 e. The summed E-state index contributed by atoms with van der Waals surface area (Å²) in [6.45, 7) is 13.9.